The van der Waals surface area contributed by atoms with Crippen LogP contribution in [0.15, 0.2) is 4.99 Å². The maximum atomic E-state index is 5.47. The Morgan fingerprint density at radius 2 is 2.00 bits per heavy atom. The van der Waals surface area contributed by atoms with Crippen LogP contribution in [0.25, 0.3) is 0 Å². The van der Waals surface area contributed by atoms with Gasteiger partial charge in [0.25, 0.3) is 0 Å². The third kappa shape index (κ3) is 4.99. The fourth-order valence-corrected chi connectivity index (χ4v) is 1.67. The van der Waals surface area contributed by atoms with Crippen molar-refractivity contribution in [3.63, 3.8) is 0 Å². The second-order valence-corrected chi connectivity index (χ2v) is 3.84. The standard InChI is InChI=1S/C10H25N5/c1-6-12-10(13-11)15(7-2)9(3)8-14(4)5/h9H,6-8,11H2,1-5H3,(H,12,13). The number of hydrogen-bond donors (Lipinski definition) is 2. The Morgan fingerprint density at radius 1 is 1.40 bits per heavy atom. The minimum Gasteiger partial charge on any atom is -0.338 e. The van der Waals surface area contributed by atoms with Gasteiger partial charge in [0.2, 0.25) is 5.96 Å². The molecule has 0 fully saturated rings. The highest BCUT2D eigenvalue weighted by Gasteiger charge is 2.15. The Bertz CT molecular complexity index is 190. The molecule has 0 aliphatic rings. The highest BCUT2D eigenvalue weighted by molar-refractivity contribution is 5.79. The summed E-state index contributed by atoms with van der Waals surface area (Å²) in [6, 6.07) is 0.395. The van der Waals surface area contributed by atoms with Gasteiger partial charge in [-0.05, 0) is 34.9 Å². The van der Waals surface area contributed by atoms with E-state index in [1.165, 1.54) is 0 Å². The number of guanidine groups is 1. The lowest BCUT2D eigenvalue weighted by molar-refractivity contribution is 0.258. The van der Waals surface area contributed by atoms with Gasteiger partial charge in [0.1, 0.15) is 0 Å². The van der Waals surface area contributed by atoms with Crippen molar-refractivity contribution in [2.75, 3.05) is 33.7 Å². The van der Waals surface area contributed by atoms with E-state index >= 15 is 0 Å². The van der Waals surface area contributed by atoms with Crippen molar-refractivity contribution in [1.82, 2.24) is 15.2 Å². The molecule has 0 heterocycles. The Morgan fingerprint density at radius 3 is 2.33 bits per heavy atom. The zero-order chi connectivity index (χ0) is 11.8. The van der Waals surface area contributed by atoms with Gasteiger partial charge in [0, 0.05) is 25.7 Å². The molecule has 3 N–H and O–H groups in total. The number of nitrogens with two attached hydrogens (primary N) is 1. The quantitative estimate of drug-likeness (QED) is 0.295. The zero-order valence-electron chi connectivity index (χ0n) is 10.6. The molecule has 0 radical (unpaired) electrons. The van der Waals surface area contributed by atoms with E-state index < -0.39 is 0 Å². The fraction of sp³-hybridized carbons (Fsp3) is 0.900. The molecule has 90 valence electrons. The van der Waals surface area contributed by atoms with Crippen LogP contribution in [-0.4, -0.2) is 55.5 Å². The van der Waals surface area contributed by atoms with Crippen molar-refractivity contribution in [3.05, 3.63) is 0 Å². The van der Waals surface area contributed by atoms with Crippen LogP contribution in [0.1, 0.15) is 20.8 Å². The van der Waals surface area contributed by atoms with Gasteiger partial charge < -0.3 is 9.80 Å². The number of nitrogens with one attached hydrogen (secondary N) is 1. The van der Waals surface area contributed by atoms with Gasteiger partial charge in [0.15, 0.2) is 0 Å². The molecule has 15 heavy (non-hydrogen) atoms. The summed E-state index contributed by atoms with van der Waals surface area (Å²) in [6.07, 6.45) is 0. The van der Waals surface area contributed by atoms with E-state index in [0.717, 1.165) is 25.6 Å². The smallest absolute Gasteiger partial charge is 0.208 e. The van der Waals surface area contributed by atoms with Crippen LogP contribution < -0.4 is 11.3 Å². The SMILES string of the molecule is CCN=C(NN)N(CC)C(C)CN(C)C. The molecule has 0 rings (SSSR count). The molecule has 0 bridgehead atoms. The lowest BCUT2D eigenvalue weighted by Gasteiger charge is -2.32. The van der Waals surface area contributed by atoms with Crippen LogP contribution in [0.4, 0.5) is 0 Å². The Kier molecular flexibility index (Phi) is 7.07. The molecule has 1 unspecified atom stereocenters. The molecule has 5 heteroatoms. The van der Waals surface area contributed by atoms with E-state index in [1.54, 1.807) is 0 Å². The van der Waals surface area contributed by atoms with E-state index in [0.29, 0.717) is 6.04 Å². The maximum absolute atomic E-state index is 5.47. The van der Waals surface area contributed by atoms with Gasteiger partial charge in [-0.1, -0.05) is 0 Å². The zero-order valence-corrected chi connectivity index (χ0v) is 10.6. The second kappa shape index (κ2) is 7.48. The Balaban J connectivity index is 4.50. The van der Waals surface area contributed by atoms with Crippen molar-refractivity contribution in [3.8, 4) is 0 Å². The molecule has 0 saturated carbocycles. The van der Waals surface area contributed by atoms with Crippen LogP contribution in [0, 0.1) is 0 Å². The number of rotatable bonds is 5. The highest BCUT2D eigenvalue weighted by Crippen LogP contribution is 2.00. The minimum absolute atomic E-state index is 0.395. The lowest BCUT2D eigenvalue weighted by Crippen LogP contribution is -2.51. The first-order valence-electron chi connectivity index (χ1n) is 5.49. The number of aliphatic imine (C=N–C) groups is 1. The average Bonchev–Trinajstić information content (AvgIpc) is 2.16. The number of likely N-dealkylation sites (N-methyl/N-ethyl adjacent to an activating group) is 2. The number of hydrazine groups is 1. The van der Waals surface area contributed by atoms with E-state index in [4.69, 9.17) is 5.84 Å². The molecule has 0 aromatic carbocycles. The largest absolute Gasteiger partial charge is 0.338 e. The molecule has 5 nitrogen and oxygen atoms in total. The molecule has 0 aromatic heterocycles. The maximum Gasteiger partial charge on any atom is 0.208 e. The van der Waals surface area contributed by atoms with Crippen molar-refractivity contribution in [2.45, 2.75) is 26.8 Å². The first-order valence-corrected chi connectivity index (χ1v) is 5.49. The van der Waals surface area contributed by atoms with Crippen molar-refractivity contribution in [1.29, 1.82) is 0 Å². The molecular formula is C10H25N5. The summed E-state index contributed by atoms with van der Waals surface area (Å²) in [6.45, 7) is 8.91. The molecule has 0 aliphatic carbocycles. The molecule has 0 amide bonds. The van der Waals surface area contributed by atoms with E-state index in [9.17, 15) is 0 Å². The first-order chi connectivity index (χ1) is 7.06. The van der Waals surface area contributed by atoms with Gasteiger partial charge in [-0.3, -0.25) is 10.4 Å². The molecule has 1 atom stereocenters. The van der Waals surface area contributed by atoms with Crippen LogP contribution in [0.3, 0.4) is 0 Å². The Labute approximate surface area is 93.3 Å². The number of nitrogens with zero attached hydrogens (tertiary/aromatic N) is 3. The van der Waals surface area contributed by atoms with Gasteiger partial charge in [-0.2, -0.15) is 0 Å². The summed E-state index contributed by atoms with van der Waals surface area (Å²) in [5.41, 5.74) is 2.67. The Hall–Kier alpha value is -0.810. The van der Waals surface area contributed by atoms with Gasteiger partial charge >= 0.3 is 0 Å². The van der Waals surface area contributed by atoms with E-state index in [2.05, 4.69) is 48.2 Å². The van der Waals surface area contributed by atoms with Gasteiger partial charge in [0.05, 0.1) is 0 Å². The van der Waals surface area contributed by atoms with E-state index in [1.807, 2.05) is 6.92 Å². The number of hydrogen-bond acceptors (Lipinski definition) is 3. The first kappa shape index (κ1) is 14.2. The van der Waals surface area contributed by atoms with E-state index in [-0.39, 0.29) is 0 Å². The predicted molar refractivity (Wildman–Crippen MR) is 65.7 cm³/mol. The minimum atomic E-state index is 0.395. The molecule has 0 aliphatic heterocycles. The molecular weight excluding hydrogens is 190 g/mol. The van der Waals surface area contributed by atoms with Crippen LogP contribution in [0.2, 0.25) is 0 Å². The summed E-state index contributed by atoms with van der Waals surface area (Å²) >= 11 is 0. The topological polar surface area (TPSA) is 56.9 Å². The monoisotopic (exact) mass is 215 g/mol. The fourth-order valence-electron chi connectivity index (χ4n) is 1.67. The van der Waals surface area contributed by atoms with Gasteiger partial charge in [-0.25, -0.2) is 5.84 Å². The second-order valence-electron chi connectivity index (χ2n) is 3.84. The van der Waals surface area contributed by atoms with Crippen LogP contribution >= 0.6 is 0 Å². The highest BCUT2D eigenvalue weighted by atomic mass is 15.4. The normalized spacial score (nSPS) is 14.2. The van der Waals surface area contributed by atoms with Crippen molar-refractivity contribution < 1.29 is 0 Å². The van der Waals surface area contributed by atoms with Crippen molar-refractivity contribution in [2.24, 2.45) is 10.8 Å². The summed E-state index contributed by atoms with van der Waals surface area (Å²) in [7, 11) is 4.13. The summed E-state index contributed by atoms with van der Waals surface area (Å²) in [4.78, 5) is 8.66. The summed E-state index contributed by atoms with van der Waals surface area (Å²) < 4.78 is 0. The third-order valence-electron chi connectivity index (χ3n) is 2.21. The average molecular weight is 215 g/mol. The molecule has 0 spiro atoms. The molecule has 0 saturated heterocycles. The summed E-state index contributed by atoms with van der Waals surface area (Å²) in [5, 5.41) is 0. The van der Waals surface area contributed by atoms with Gasteiger partial charge in [-0.15, -0.1) is 0 Å². The van der Waals surface area contributed by atoms with Crippen LogP contribution in [-0.2, 0) is 0 Å². The summed E-state index contributed by atoms with van der Waals surface area (Å²) in [5.74, 6) is 6.24. The molecule has 0 aromatic rings. The third-order valence-corrected chi connectivity index (χ3v) is 2.21. The van der Waals surface area contributed by atoms with Crippen LogP contribution in [0.5, 0.6) is 0 Å². The van der Waals surface area contributed by atoms with Crippen molar-refractivity contribution >= 4 is 5.96 Å². The lowest BCUT2D eigenvalue weighted by atomic mass is 10.3. The predicted octanol–water partition coefficient (Wildman–Crippen LogP) is 0.0976.